The van der Waals surface area contributed by atoms with Gasteiger partial charge >= 0.3 is 51.4 Å². The molecule has 92 valence electrons. The summed E-state index contributed by atoms with van der Waals surface area (Å²) in [5.74, 6) is 0. The van der Waals surface area contributed by atoms with Crippen molar-refractivity contribution in [1.82, 2.24) is 0 Å². The average Bonchev–Trinajstić information content (AvgIpc) is 2.20. The van der Waals surface area contributed by atoms with E-state index in [2.05, 4.69) is 22.9 Å². The average molecular weight is 276 g/mol. The Kier molecular flexibility index (Phi) is 16.5. The molecule has 4 nitrogen and oxygen atoms in total. The van der Waals surface area contributed by atoms with Crippen molar-refractivity contribution in [2.45, 2.75) is 52.4 Å². The second kappa shape index (κ2) is 13.2. The normalized spacial score (nSPS) is 11.2. The molecule has 0 aliphatic rings. The number of unbranched alkanes of at least 4 members (excludes halogenated alkanes) is 4. The van der Waals surface area contributed by atoms with Gasteiger partial charge in [-0.3, -0.25) is 4.57 Å². The summed E-state index contributed by atoms with van der Waals surface area (Å²) in [5, 5.41) is 0. The molecule has 0 radical (unpaired) electrons. The second-order valence-electron chi connectivity index (χ2n) is 3.53. The van der Waals surface area contributed by atoms with E-state index in [1.54, 1.807) is 0 Å². The standard InChI is InChI=1S/C10H23O4P.K/c1-3-5-7-9-13-15(11,12)14-10-8-6-4-2;/h3-10H2,1-2H3,(H,11,12);/q;+1/p-1. The Morgan fingerprint density at radius 1 is 0.938 bits per heavy atom. The number of phosphoric acid groups is 1. The van der Waals surface area contributed by atoms with Crippen LogP contribution in [-0.4, -0.2) is 13.2 Å². The minimum Gasteiger partial charge on any atom is -0.756 e. The summed E-state index contributed by atoms with van der Waals surface area (Å²) >= 11 is 0. The van der Waals surface area contributed by atoms with Gasteiger partial charge in [0.15, 0.2) is 0 Å². The maximum atomic E-state index is 11.1. The van der Waals surface area contributed by atoms with E-state index in [4.69, 9.17) is 0 Å². The topological polar surface area (TPSA) is 58.6 Å². The molecule has 6 heteroatoms. The summed E-state index contributed by atoms with van der Waals surface area (Å²) in [4.78, 5) is 11.1. The first kappa shape index (κ1) is 20.1. The molecule has 0 heterocycles. The first-order chi connectivity index (χ1) is 7.12. The van der Waals surface area contributed by atoms with Crippen molar-refractivity contribution in [3.05, 3.63) is 0 Å². The first-order valence-corrected chi connectivity index (χ1v) is 7.18. The molecule has 0 aliphatic carbocycles. The number of phosphoric ester groups is 1. The van der Waals surface area contributed by atoms with Gasteiger partial charge in [-0.05, 0) is 12.8 Å². The first-order valence-electron chi connectivity index (χ1n) is 5.72. The van der Waals surface area contributed by atoms with E-state index in [1.807, 2.05) is 0 Å². The molecule has 0 spiro atoms. The summed E-state index contributed by atoms with van der Waals surface area (Å²) in [6, 6.07) is 0. The van der Waals surface area contributed by atoms with Crippen LogP contribution < -0.4 is 56.3 Å². The van der Waals surface area contributed by atoms with Crippen LogP contribution in [0.25, 0.3) is 0 Å². The van der Waals surface area contributed by atoms with E-state index in [-0.39, 0.29) is 64.6 Å². The van der Waals surface area contributed by atoms with Crippen LogP contribution in [0.15, 0.2) is 0 Å². The van der Waals surface area contributed by atoms with Gasteiger partial charge < -0.3 is 13.9 Å². The molecule has 0 aromatic heterocycles. The predicted molar refractivity (Wildman–Crippen MR) is 58.6 cm³/mol. The van der Waals surface area contributed by atoms with Crippen molar-refractivity contribution in [1.29, 1.82) is 0 Å². The van der Waals surface area contributed by atoms with Gasteiger partial charge in [0.1, 0.15) is 0 Å². The Morgan fingerprint density at radius 3 is 1.62 bits per heavy atom. The van der Waals surface area contributed by atoms with Gasteiger partial charge in [-0.15, -0.1) is 0 Å². The molecule has 16 heavy (non-hydrogen) atoms. The van der Waals surface area contributed by atoms with Crippen LogP contribution in [0.3, 0.4) is 0 Å². The molecule has 0 aromatic carbocycles. The number of hydrogen-bond acceptors (Lipinski definition) is 4. The van der Waals surface area contributed by atoms with Crippen LogP contribution in [-0.2, 0) is 13.6 Å². The molecule has 0 fully saturated rings. The monoisotopic (exact) mass is 276 g/mol. The van der Waals surface area contributed by atoms with E-state index in [0.717, 1.165) is 38.5 Å². The molecule has 0 saturated carbocycles. The van der Waals surface area contributed by atoms with Gasteiger partial charge in [-0.1, -0.05) is 39.5 Å². The SMILES string of the molecule is CCCCCOP(=O)([O-])OCCCCC.[K+]. The Labute approximate surface area is 142 Å². The molecule has 0 rings (SSSR count). The fourth-order valence-corrected chi connectivity index (χ4v) is 1.87. The Bertz CT molecular complexity index is 174. The molecule has 0 saturated heterocycles. The summed E-state index contributed by atoms with van der Waals surface area (Å²) in [6.07, 6.45) is 5.58. The summed E-state index contributed by atoms with van der Waals surface area (Å²) in [6.45, 7) is 4.58. The van der Waals surface area contributed by atoms with E-state index in [1.165, 1.54) is 0 Å². The second-order valence-corrected chi connectivity index (χ2v) is 4.94. The van der Waals surface area contributed by atoms with Crippen molar-refractivity contribution in [3.8, 4) is 0 Å². The van der Waals surface area contributed by atoms with Gasteiger partial charge in [0.2, 0.25) is 0 Å². The van der Waals surface area contributed by atoms with Gasteiger partial charge in [0, 0.05) is 0 Å². The third-order valence-electron chi connectivity index (χ3n) is 1.99. The fraction of sp³-hybridized carbons (Fsp3) is 1.00. The molecule has 0 aromatic rings. The van der Waals surface area contributed by atoms with Gasteiger partial charge in [0.25, 0.3) is 7.82 Å². The van der Waals surface area contributed by atoms with Crippen molar-refractivity contribution in [2.24, 2.45) is 0 Å². The van der Waals surface area contributed by atoms with Crippen molar-refractivity contribution in [2.75, 3.05) is 13.2 Å². The van der Waals surface area contributed by atoms with Crippen molar-refractivity contribution in [3.63, 3.8) is 0 Å². The third kappa shape index (κ3) is 13.8. The van der Waals surface area contributed by atoms with Crippen LogP contribution in [0, 0.1) is 0 Å². The van der Waals surface area contributed by atoms with Gasteiger partial charge in [-0.25, -0.2) is 0 Å². The Balaban J connectivity index is 0. The van der Waals surface area contributed by atoms with Crippen LogP contribution in [0.5, 0.6) is 0 Å². The molecule has 0 atom stereocenters. The number of rotatable bonds is 10. The Morgan fingerprint density at radius 2 is 1.31 bits per heavy atom. The molecule has 0 amide bonds. The van der Waals surface area contributed by atoms with Crippen LogP contribution in [0.4, 0.5) is 0 Å². The molecule has 0 N–H and O–H groups in total. The van der Waals surface area contributed by atoms with Crippen LogP contribution in [0.1, 0.15) is 52.4 Å². The third-order valence-corrected chi connectivity index (χ3v) is 2.99. The van der Waals surface area contributed by atoms with Crippen LogP contribution >= 0.6 is 7.82 Å². The maximum absolute atomic E-state index is 11.1. The predicted octanol–water partition coefficient (Wildman–Crippen LogP) is -0.128. The zero-order valence-electron chi connectivity index (χ0n) is 10.7. The zero-order valence-corrected chi connectivity index (χ0v) is 14.8. The van der Waals surface area contributed by atoms with E-state index in [0.29, 0.717) is 0 Å². The largest absolute Gasteiger partial charge is 1.00 e. The molecule has 0 unspecified atom stereocenters. The molecular formula is C10H22KO4P. The molecular weight excluding hydrogens is 254 g/mol. The summed E-state index contributed by atoms with van der Waals surface area (Å²) in [5.41, 5.74) is 0. The minimum absolute atomic E-state index is 0. The van der Waals surface area contributed by atoms with Gasteiger partial charge in [0.05, 0.1) is 13.2 Å². The maximum Gasteiger partial charge on any atom is 1.00 e. The van der Waals surface area contributed by atoms with Gasteiger partial charge in [-0.2, -0.15) is 0 Å². The Hall–Kier alpha value is 1.75. The smallest absolute Gasteiger partial charge is 0.756 e. The van der Waals surface area contributed by atoms with E-state index < -0.39 is 7.82 Å². The van der Waals surface area contributed by atoms with E-state index >= 15 is 0 Å². The zero-order chi connectivity index (χ0) is 11.6. The molecule has 0 bridgehead atoms. The van der Waals surface area contributed by atoms with E-state index in [9.17, 15) is 9.46 Å². The summed E-state index contributed by atoms with van der Waals surface area (Å²) in [7, 11) is -4.02. The van der Waals surface area contributed by atoms with Crippen molar-refractivity contribution >= 4 is 7.82 Å². The summed E-state index contributed by atoms with van der Waals surface area (Å²) < 4.78 is 20.5. The van der Waals surface area contributed by atoms with Crippen molar-refractivity contribution < 1.29 is 69.9 Å². The number of hydrogen-bond donors (Lipinski definition) is 0. The molecule has 0 aliphatic heterocycles. The van der Waals surface area contributed by atoms with Crippen LogP contribution in [0.2, 0.25) is 0 Å². The quantitative estimate of drug-likeness (QED) is 0.317. The minimum atomic E-state index is -4.02. The fourth-order valence-electron chi connectivity index (χ4n) is 1.09.